The number of rotatable bonds is 9. The summed E-state index contributed by atoms with van der Waals surface area (Å²) in [7, 11) is 8.78. The maximum absolute atomic E-state index is 5.92. The normalized spacial score (nSPS) is 14.5. The van der Waals surface area contributed by atoms with Gasteiger partial charge in [0.1, 0.15) is 11.5 Å². The number of likely N-dealkylation sites (tertiary alicyclic amines) is 1. The second kappa shape index (κ2) is 12.0. The van der Waals surface area contributed by atoms with E-state index in [0.717, 1.165) is 67.6 Å². The van der Waals surface area contributed by atoms with E-state index >= 15 is 0 Å². The van der Waals surface area contributed by atoms with E-state index in [1.165, 1.54) is 5.56 Å². The minimum Gasteiger partial charge on any atom is -0.497 e. The van der Waals surface area contributed by atoms with Crippen LogP contribution in [0.3, 0.4) is 0 Å². The average molecular weight is 474 g/mol. The maximum Gasteiger partial charge on any atom is 0.173 e. The fourth-order valence-corrected chi connectivity index (χ4v) is 4.49. The molecule has 8 heteroatoms. The van der Waals surface area contributed by atoms with Crippen LogP contribution in [0.25, 0.3) is 0 Å². The van der Waals surface area contributed by atoms with Gasteiger partial charge in [0.2, 0.25) is 0 Å². The lowest BCUT2D eigenvalue weighted by Gasteiger charge is -2.39. The number of nitrogens with zero attached hydrogens (tertiary/aromatic N) is 2. The first-order chi connectivity index (χ1) is 16.0. The molecule has 0 spiro atoms. The number of hydrogen-bond donors (Lipinski definition) is 1. The van der Waals surface area contributed by atoms with Crippen LogP contribution in [0.2, 0.25) is 0 Å². The van der Waals surface area contributed by atoms with Crippen molar-refractivity contribution in [3.05, 3.63) is 42.0 Å². The molecule has 1 aliphatic heterocycles. The van der Waals surface area contributed by atoms with Gasteiger partial charge in [0.15, 0.2) is 16.6 Å². The van der Waals surface area contributed by atoms with Crippen molar-refractivity contribution < 1.29 is 18.9 Å². The number of hydrogen-bond acceptors (Lipinski definition) is 6. The lowest BCUT2D eigenvalue weighted by Crippen LogP contribution is -2.48. The van der Waals surface area contributed by atoms with E-state index < -0.39 is 0 Å². The summed E-state index contributed by atoms with van der Waals surface area (Å²) in [6.45, 7) is 2.91. The third-order valence-corrected chi connectivity index (χ3v) is 6.46. The van der Waals surface area contributed by atoms with Gasteiger partial charge in [-0.25, -0.2) is 0 Å². The predicted octanol–water partition coefficient (Wildman–Crippen LogP) is 4.06. The van der Waals surface area contributed by atoms with Gasteiger partial charge in [-0.05, 0) is 81.4 Å². The van der Waals surface area contributed by atoms with E-state index in [1.807, 2.05) is 30.3 Å². The zero-order valence-corrected chi connectivity index (χ0v) is 21.0. The van der Waals surface area contributed by atoms with Crippen LogP contribution < -0.4 is 24.3 Å². The van der Waals surface area contributed by atoms with Crippen LogP contribution in [0.15, 0.2) is 36.4 Å². The highest BCUT2D eigenvalue weighted by molar-refractivity contribution is 7.80. The van der Waals surface area contributed by atoms with Crippen LogP contribution in [0.5, 0.6) is 23.0 Å². The molecule has 2 aromatic rings. The van der Waals surface area contributed by atoms with Crippen LogP contribution in [-0.2, 0) is 6.42 Å². The lowest BCUT2D eigenvalue weighted by atomic mass is 10.0. The summed E-state index contributed by atoms with van der Waals surface area (Å²) >= 11 is 5.92. The Labute approximate surface area is 202 Å². The molecule has 1 fully saturated rings. The first-order valence-electron chi connectivity index (χ1n) is 11.2. The number of anilines is 1. The molecule has 1 heterocycles. The van der Waals surface area contributed by atoms with Crippen LogP contribution in [-0.4, -0.2) is 76.1 Å². The van der Waals surface area contributed by atoms with Crippen LogP contribution >= 0.6 is 12.2 Å². The Morgan fingerprint density at radius 1 is 0.939 bits per heavy atom. The van der Waals surface area contributed by atoms with Gasteiger partial charge in [-0.1, -0.05) is 6.07 Å². The van der Waals surface area contributed by atoms with Crippen molar-refractivity contribution in [2.75, 3.05) is 60.4 Å². The largest absolute Gasteiger partial charge is 0.497 e. The second-order valence-electron chi connectivity index (χ2n) is 8.16. The van der Waals surface area contributed by atoms with Gasteiger partial charge in [-0.2, -0.15) is 0 Å². The molecular weight excluding hydrogens is 438 g/mol. The Balaban J connectivity index is 1.79. The van der Waals surface area contributed by atoms with E-state index in [1.54, 1.807) is 28.4 Å². The van der Waals surface area contributed by atoms with Crippen molar-refractivity contribution >= 4 is 23.0 Å². The molecule has 0 unspecified atom stereocenters. The average Bonchev–Trinajstić information content (AvgIpc) is 2.84. The van der Waals surface area contributed by atoms with E-state index in [0.29, 0.717) is 11.2 Å². The maximum atomic E-state index is 5.92. The molecule has 1 N–H and O–H groups in total. The summed E-state index contributed by atoms with van der Waals surface area (Å²) in [6.07, 6.45) is 2.97. The topological polar surface area (TPSA) is 55.4 Å². The summed E-state index contributed by atoms with van der Waals surface area (Å²) in [6, 6.07) is 12.1. The zero-order chi connectivity index (χ0) is 23.8. The van der Waals surface area contributed by atoms with Crippen molar-refractivity contribution in [3.8, 4) is 23.0 Å². The Hall–Kier alpha value is -2.71. The first-order valence-corrected chi connectivity index (χ1v) is 11.6. The van der Waals surface area contributed by atoms with Gasteiger partial charge < -0.3 is 34.1 Å². The van der Waals surface area contributed by atoms with Gasteiger partial charge in [0.05, 0.1) is 34.1 Å². The quantitative estimate of drug-likeness (QED) is 0.548. The first kappa shape index (κ1) is 24.9. The van der Waals surface area contributed by atoms with E-state index in [-0.39, 0.29) is 0 Å². The van der Waals surface area contributed by atoms with E-state index in [2.05, 4.69) is 28.2 Å². The Morgan fingerprint density at radius 2 is 1.61 bits per heavy atom. The number of piperidine rings is 1. The lowest BCUT2D eigenvalue weighted by molar-refractivity contribution is 0.178. The molecule has 0 amide bonds. The van der Waals surface area contributed by atoms with Crippen molar-refractivity contribution in [1.82, 2.24) is 9.80 Å². The third kappa shape index (κ3) is 6.42. The summed E-state index contributed by atoms with van der Waals surface area (Å²) in [4.78, 5) is 4.68. The molecule has 7 nitrogen and oxygen atoms in total. The van der Waals surface area contributed by atoms with Crippen molar-refractivity contribution in [3.63, 3.8) is 0 Å². The number of nitrogens with one attached hydrogen (secondary N) is 1. The molecule has 0 atom stereocenters. The Kier molecular flexibility index (Phi) is 9.03. The summed E-state index contributed by atoms with van der Waals surface area (Å²) < 4.78 is 21.8. The SMILES string of the molecule is COc1ccc(OC)c(NC(=S)N(CCc2ccc(OC)c(OC)c2)C2CCN(C)CC2)c1. The van der Waals surface area contributed by atoms with E-state index in [9.17, 15) is 0 Å². The molecule has 1 saturated heterocycles. The highest BCUT2D eigenvalue weighted by Gasteiger charge is 2.25. The molecule has 2 aromatic carbocycles. The molecule has 0 radical (unpaired) electrons. The minimum atomic E-state index is 0.373. The van der Waals surface area contributed by atoms with Crippen molar-refractivity contribution in [2.45, 2.75) is 25.3 Å². The molecule has 0 aromatic heterocycles. The smallest absolute Gasteiger partial charge is 0.173 e. The number of benzene rings is 2. The molecule has 33 heavy (non-hydrogen) atoms. The highest BCUT2D eigenvalue weighted by atomic mass is 32.1. The summed E-state index contributed by atoms with van der Waals surface area (Å²) in [5.74, 6) is 2.94. The van der Waals surface area contributed by atoms with Gasteiger partial charge in [-0.3, -0.25) is 0 Å². The molecular formula is C25H35N3O4S. The minimum absolute atomic E-state index is 0.373. The number of ether oxygens (including phenoxy) is 4. The number of thiocarbonyl (C=S) groups is 1. The van der Waals surface area contributed by atoms with Crippen LogP contribution in [0.4, 0.5) is 5.69 Å². The van der Waals surface area contributed by atoms with Gasteiger partial charge in [-0.15, -0.1) is 0 Å². The van der Waals surface area contributed by atoms with Crippen molar-refractivity contribution in [1.29, 1.82) is 0 Å². The molecule has 0 saturated carbocycles. The monoisotopic (exact) mass is 473 g/mol. The summed E-state index contributed by atoms with van der Waals surface area (Å²) in [5.41, 5.74) is 1.97. The predicted molar refractivity (Wildman–Crippen MR) is 136 cm³/mol. The fourth-order valence-electron chi connectivity index (χ4n) is 4.14. The summed E-state index contributed by atoms with van der Waals surface area (Å²) in [5, 5.41) is 4.11. The second-order valence-corrected chi connectivity index (χ2v) is 8.55. The molecule has 0 aliphatic carbocycles. The standard InChI is InChI=1S/C25H35N3O4S/c1-27-13-11-19(12-14-27)28(15-10-18-6-8-23(31-4)24(16-18)32-5)25(33)26-21-17-20(29-2)7-9-22(21)30-3/h6-9,16-17,19H,10-15H2,1-5H3,(H,26,33). The fraction of sp³-hybridized carbons (Fsp3) is 0.480. The van der Waals surface area contributed by atoms with Crippen LogP contribution in [0, 0.1) is 0 Å². The molecule has 0 bridgehead atoms. The Morgan fingerprint density at radius 3 is 2.24 bits per heavy atom. The number of methoxy groups -OCH3 is 4. The molecule has 1 aliphatic rings. The van der Waals surface area contributed by atoms with Crippen molar-refractivity contribution in [2.24, 2.45) is 0 Å². The molecule has 180 valence electrons. The van der Waals surface area contributed by atoms with Gasteiger partial charge in [0.25, 0.3) is 0 Å². The zero-order valence-electron chi connectivity index (χ0n) is 20.2. The van der Waals surface area contributed by atoms with E-state index in [4.69, 9.17) is 31.2 Å². The van der Waals surface area contributed by atoms with Gasteiger partial charge >= 0.3 is 0 Å². The highest BCUT2D eigenvalue weighted by Crippen LogP contribution is 2.30. The Bertz CT molecular complexity index is 932. The van der Waals surface area contributed by atoms with Crippen LogP contribution in [0.1, 0.15) is 18.4 Å². The molecule has 3 rings (SSSR count). The third-order valence-electron chi connectivity index (χ3n) is 6.13. The van der Waals surface area contributed by atoms with Gasteiger partial charge in [0, 0.05) is 18.7 Å².